The van der Waals surface area contributed by atoms with E-state index in [1.807, 2.05) is 13.8 Å². The van der Waals surface area contributed by atoms with Gasteiger partial charge in [-0.25, -0.2) is 13.5 Å². The van der Waals surface area contributed by atoms with E-state index in [0.717, 1.165) is 18.6 Å². The summed E-state index contributed by atoms with van der Waals surface area (Å²) < 4.78 is 28.0. The number of nitrogens with zero attached hydrogens (tertiary/aromatic N) is 2. The van der Waals surface area contributed by atoms with Crippen LogP contribution < -0.4 is 10.6 Å². The lowest BCUT2D eigenvalue weighted by molar-refractivity contribution is -0.116. The molecule has 1 aromatic carbocycles. The first kappa shape index (κ1) is 18.6. The van der Waals surface area contributed by atoms with E-state index in [4.69, 9.17) is 0 Å². The molecular weight excluding hydrogens is 330 g/mol. The van der Waals surface area contributed by atoms with E-state index in [1.54, 1.807) is 16.9 Å². The van der Waals surface area contributed by atoms with Gasteiger partial charge in [-0.05, 0) is 25.5 Å². The molecule has 0 radical (unpaired) electrons. The molecular formula is C17H20F2N4O2. The predicted molar refractivity (Wildman–Crippen MR) is 89.2 cm³/mol. The van der Waals surface area contributed by atoms with Crippen LogP contribution in [0.15, 0.2) is 30.5 Å². The Morgan fingerprint density at radius 3 is 2.72 bits per heavy atom. The molecule has 134 valence electrons. The van der Waals surface area contributed by atoms with Gasteiger partial charge in [0.2, 0.25) is 5.91 Å². The van der Waals surface area contributed by atoms with Crippen molar-refractivity contribution < 1.29 is 18.4 Å². The van der Waals surface area contributed by atoms with Crippen LogP contribution in [0, 0.1) is 11.6 Å². The van der Waals surface area contributed by atoms with Gasteiger partial charge in [-0.1, -0.05) is 6.92 Å². The predicted octanol–water partition coefficient (Wildman–Crippen LogP) is 2.89. The van der Waals surface area contributed by atoms with Gasteiger partial charge in [0, 0.05) is 25.1 Å². The van der Waals surface area contributed by atoms with Crippen molar-refractivity contribution in [1.82, 2.24) is 15.1 Å². The molecule has 2 aromatic rings. The molecule has 0 aliphatic carbocycles. The molecule has 1 aromatic heterocycles. The highest BCUT2D eigenvalue weighted by molar-refractivity contribution is 5.95. The van der Waals surface area contributed by atoms with Gasteiger partial charge in [0.15, 0.2) is 0 Å². The van der Waals surface area contributed by atoms with Gasteiger partial charge in [0.05, 0.1) is 17.8 Å². The maximum absolute atomic E-state index is 13.5. The lowest BCUT2D eigenvalue weighted by atomic mass is 10.2. The zero-order chi connectivity index (χ0) is 18.4. The highest BCUT2D eigenvalue weighted by atomic mass is 19.1. The minimum atomic E-state index is -0.945. The summed E-state index contributed by atoms with van der Waals surface area (Å²) in [4.78, 5) is 23.8. The highest BCUT2D eigenvalue weighted by Gasteiger charge is 2.14. The molecule has 2 rings (SSSR count). The third-order valence-corrected chi connectivity index (χ3v) is 3.76. The monoisotopic (exact) mass is 350 g/mol. The topological polar surface area (TPSA) is 76.0 Å². The van der Waals surface area contributed by atoms with Crippen LogP contribution in [0.3, 0.4) is 0 Å². The first-order valence-corrected chi connectivity index (χ1v) is 7.99. The normalized spacial score (nSPS) is 11.8. The smallest absolute Gasteiger partial charge is 0.254 e. The van der Waals surface area contributed by atoms with Crippen molar-refractivity contribution in [3.05, 3.63) is 47.7 Å². The van der Waals surface area contributed by atoms with Gasteiger partial charge in [0.1, 0.15) is 17.5 Å². The van der Waals surface area contributed by atoms with Gasteiger partial charge in [0.25, 0.3) is 5.91 Å². The molecule has 2 N–H and O–H groups in total. The molecule has 0 fully saturated rings. The molecule has 1 atom stereocenters. The number of halogens is 2. The lowest BCUT2D eigenvalue weighted by Crippen LogP contribution is -2.28. The third-order valence-electron chi connectivity index (χ3n) is 3.76. The number of hydrogen-bond acceptors (Lipinski definition) is 3. The van der Waals surface area contributed by atoms with Crippen LogP contribution in [0.2, 0.25) is 0 Å². The zero-order valence-corrected chi connectivity index (χ0v) is 14.1. The zero-order valence-electron chi connectivity index (χ0n) is 14.1. The Kier molecular flexibility index (Phi) is 6.21. The van der Waals surface area contributed by atoms with Gasteiger partial charge >= 0.3 is 0 Å². The molecule has 0 saturated heterocycles. The van der Waals surface area contributed by atoms with E-state index < -0.39 is 17.5 Å². The molecule has 0 spiro atoms. The van der Waals surface area contributed by atoms with Crippen LogP contribution in [0.5, 0.6) is 0 Å². The van der Waals surface area contributed by atoms with Crippen LogP contribution in [-0.4, -0.2) is 28.1 Å². The van der Waals surface area contributed by atoms with Gasteiger partial charge in [-0.2, -0.15) is 5.10 Å². The lowest BCUT2D eigenvalue weighted by Gasteiger charge is -2.14. The van der Waals surface area contributed by atoms with E-state index in [9.17, 15) is 18.4 Å². The van der Waals surface area contributed by atoms with E-state index in [-0.39, 0.29) is 30.5 Å². The second-order valence-corrected chi connectivity index (χ2v) is 5.60. The quantitative estimate of drug-likeness (QED) is 0.806. The van der Waals surface area contributed by atoms with Crippen LogP contribution in [0.4, 0.5) is 14.6 Å². The number of nitrogens with one attached hydrogen (secondary N) is 2. The average Bonchev–Trinajstić information content (AvgIpc) is 3.01. The fraction of sp³-hybridized carbons (Fsp3) is 0.353. The summed E-state index contributed by atoms with van der Waals surface area (Å²) in [5, 5.41) is 9.32. The van der Waals surface area contributed by atoms with Crippen LogP contribution in [-0.2, 0) is 4.79 Å². The van der Waals surface area contributed by atoms with Gasteiger partial charge in [-0.15, -0.1) is 0 Å². The number of amides is 2. The minimum Gasteiger partial charge on any atom is -0.351 e. The average molecular weight is 350 g/mol. The van der Waals surface area contributed by atoms with Crippen molar-refractivity contribution in [3.63, 3.8) is 0 Å². The summed E-state index contributed by atoms with van der Waals surface area (Å²) >= 11 is 0. The Bertz CT molecular complexity index is 761. The molecule has 2 amide bonds. The first-order valence-electron chi connectivity index (χ1n) is 7.99. The fourth-order valence-electron chi connectivity index (χ4n) is 2.20. The van der Waals surface area contributed by atoms with Gasteiger partial charge < -0.3 is 10.6 Å². The highest BCUT2D eigenvalue weighted by Crippen LogP contribution is 2.16. The number of carbonyl (C=O) groups is 2. The molecule has 8 heteroatoms. The van der Waals surface area contributed by atoms with E-state index in [0.29, 0.717) is 11.9 Å². The van der Waals surface area contributed by atoms with Gasteiger partial charge in [-0.3, -0.25) is 9.59 Å². The number of carbonyl (C=O) groups excluding carboxylic acids is 2. The van der Waals surface area contributed by atoms with Crippen molar-refractivity contribution >= 4 is 17.6 Å². The van der Waals surface area contributed by atoms with Crippen molar-refractivity contribution in [2.45, 2.75) is 32.7 Å². The number of hydrogen-bond donors (Lipinski definition) is 2. The minimum absolute atomic E-state index is 0.0141. The number of aromatic nitrogens is 2. The number of rotatable bonds is 7. The number of anilines is 1. The van der Waals surface area contributed by atoms with E-state index in [2.05, 4.69) is 15.7 Å². The SMILES string of the molecule is CCC(C)n1nccc1NC(=O)CCNC(=O)c1ccc(F)cc1F. The van der Waals surface area contributed by atoms with Crippen molar-refractivity contribution in [3.8, 4) is 0 Å². The molecule has 0 aliphatic rings. The van der Waals surface area contributed by atoms with E-state index in [1.165, 1.54) is 0 Å². The molecule has 0 bridgehead atoms. The summed E-state index contributed by atoms with van der Waals surface area (Å²) in [5.41, 5.74) is -0.267. The molecule has 1 heterocycles. The van der Waals surface area contributed by atoms with E-state index >= 15 is 0 Å². The first-order chi connectivity index (χ1) is 11.9. The third kappa shape index (κ3) is 4.85. The molecule has 6 nitrogen and oxygen atoms in total. The summed E-state index contributed by atoms with van der Waals surface area (Å²) in [7, 11) is 0. The molecule has 1 unspecified atom stereocenters. The Morgan fingerprint density at radius 1 is 1.28 bits per heavy atom. The fourth-order valence-corrected chi connectivity index (χ4v) is 2.20. The second kappa shape index (κ2) is 8.36. The maximum atomic E-state index is 13.5. The van der Waals surface area contributed by atoms with Crippen molar-refractivity contribution in [1.29, 1.82) is 0 Å². The summed E-state index contributed by atoms with van der Waals surface area (Å²) in [6.45, 7) is 4.03. The molecule has 0 saturated carbocycles. The second-order valence-electron chi connectivity index (χ2n) is 5.60. The Morgan fingerprint density at radius 2 is 2.04 bits per heavy atom. The summed E-state index contributed by atoms with van der Waals surface area (Å²) in [5.74, 6) is -2.12. The van der Waals surface area contributed by atoms with Crippen LogP contribution in [0.1, 0.15) is 43.1 Å². The Hall–Kier alpha value is -2.77. The Labute approximate surface area is 144 Å². The summed E-state index contributed by atoms with van der Waals surface area (Å²) in [6, 6.07) is 4.53. The van der Waals surface area contributed by atoms with Crippen molar-refractivity contribution in [2.75, 3.05) is 11.9 Å². The van der Waals surface area contributed by atoms with Crippen LogP contribution >= 0.6 is 0 Å². The summed E-state index contributed by atoms with van der Waals surface area (Å²) in [6.07, 6.45) is 2.48. The number of benzene rings is 1. The largest absolute Gasteiger partial charge is 0.351 e. The standard InChI is InChI=1S/C17H20F2N4O2/c1-3-11(2)23-15(6-9-21-23)22-16(24)7-8-20-17(25)13-5-4-12(18)10-14(13)19/h4-6,9-11H,3,7-8H2,1-2H3,(H,20,25)(H,22,24). The molecule has 25 heavy (non-hydrogen) atoms. The van der Waals surface area contributed by atoms with Crippen LogP contribution in [0.25, 0.3) is 0 Å². The maximum Gasteiger partial charge on any atom is 0.254 e. The van der Waals surface area contributed by atoms with Crippen molar-refractivity contribution in [2.24, 2.45) is 0 Å². The Balaban J connectivity index is 1.84. The molecule has 0 aliphatic heterocycles.